The van der Waals surface area contributed by atoms with Crippen LogP contribution in [-0.4, -0.2) is 62.4 Å². The predicted molar refractivity (Wildman–Crippen MR) is 119 cm³/mol. The van der Waals surface area contributed by atoms with Crippen molar-refractivity contribution in [1.29, 1.82) is 0 Å². The molecule has 0 saturated heterocycles. The van der Waals surface area contributed by atoms with E-state index in [0.29, 0.717) is 18.3 Å². The molecule has 0 fully saturated rings. The van der Waals surface area contributed by atoms with Gasteiger partial charge in [0.25, 0.3) is 5.56 Å². The molecule has 1 aromatic heterocycles. The number of ether oxygens (including phenoxy) is 1. The maximum atomic E-state index is 12.7. The van der Waals surface area contributed by atoms with Gasteiger partial charge in [0.05, 0.1) is 39.2 Å². The minimum atomic E-state index is -0.0520. The summed E-state index contributed by atoms with van der Waals surface area (Å²) in [7, 11) is 5.92. The van der Waals surface area contributed by atoms with Crippen LogP contribution in [0.25, 0.3) is 10.9 Å². The number of rotatable bonds is 9. The number of quaternary nitrogens is 1. The van der Waals surface area contributed by atoms with Crippen molar-refractivity contribution in [2.45, 2.75) is 26.8 Å². The number of hydrogen-bond donors (Lipinski definition) is 3. The van der Waals surface area contributed by atoms with E-state index in [1.54, 1.807) is 7.11 Å². The van der Waals surface area contributed by atoms with Crippen molar-refractivity contribution in [1.82, 2.24) is 15.2 Å². The SMILES string of the molecule is COCCCNC(=S)N(CC[NH+](C)C)Cc1cc2cc(C)cc(C)c2[nH]c1=O. The Morgan fingerprint density at radius 1 is 1.29 bits per heavy atom. The molecule has 0 aliphatic carbocycles. The molecule has 154 valence electrons. The third kappa shape index (κ3) is 6.29. The Labute approximate surface area is 172 Å². The summed E-state index contributed by atoms with van der Waals surface area (Å²) in [4.78, 5) is 19.2. The Hall–Kier alpha value is -1.96. The van der Waals surface area contributed by atoms with Gasteiger partial charge in [0.1, 0.15) is 0 Å². The Morgan fingerprint density at radius 3 is 2.71 bits per heavy atom. The number of pyridine rings is 1. The van der Waals surface area contributed by atoms with Gasteiger partial charge < -0.3 is 24.8 Å². The van der Waals surface area contributed by atoms with Gasteiger partial charge in [-0.15, -0.1) is 0 Å². The van der Waals surface area contributed by atoms with E-state index in [1.165, 1.54) is 10.5 Å². The number of nitrogens with zero attached hydrogens (tertiary/aromatic N) is 1. The van der Waals surface area contributed by atoms with E-state index in [0.717, 1.165) is 48.1 Å². The topological polar surface area (TPSA) is 61.8 Å². The quantitative estimate of drug-likeness (QED) is 0.429. The van der Waals surface area contributed by atoms with Gasteiger partial charge in [-0.25, -0.2) is 0 Å². The Morgan fingerprint density at radius 2 is 2.04 bits per heavy atom. The average molecular weight is 406 g/mol. The first-order chi connectivity index (χ1) is 13.3. The number of methoxy groups -OCH3 is 1. The zero-order chi connectivity index (χ0) is 20.7. The third-order valence-corrected chi connectivity index (χ3v) is 5.10. The van der Waals surface area contributed by atoms with Crippen LogP contribution in [0.1, 0.15) is 23.1 Å². The van der Waals surface area contributed by atoms with E-state index in [4.69, 9.17) is 17.0 Å². The lowest BCUT2D eigenvalue weighted by Gasteiger charge is -2.26. The second-order valence-electron chi connectivity index (χ2n) is 7.63. The molecular formula is C21H33N4O2S+. The molecule has 0 bridgehead atoms. The predicted octanol–water partition coefficient (Wildman–Crippen LogP) is 1.00. The first kappa shape index (κ1) is 22.3. The smallest absolute Gasteiger partial charge is 0.253 e. The Kier molecular flexibility index (Phi) is 8.41. The number of aromatic nitrogens is 1. The summed E-state index contributed by atoms with van der Waals surface area (Å²) >= 11 is 5.61. The summed E-state index contributed by atoms with van der Waals surface area (Å²) in [5.41, 5.74) is 3.86. The number of likely N-dealkylation sites (N-methyl/N-ethyl adjacent to an activating group) is 1. The van der Waals surface area contributed by atoms with E-state index < -0.39 is 0 Å². The van der Waals surface area contributed by atoms with Crippen LogP contribution in [-0.2, 0) is 11.3 Å². The number of benzene rings is 1. The largest absolute Gasteiger partial charge is 0.385 e. The van der Waals surface area contributed by atoms with Crippen molar-refractivity contribution >= 4 is 28.2 Å². The molecule has 2 rings (SSSR count). The monoisotopic (exact) mass is 405 g/mol. The normalized spacial score (nSPS) is 11.2. The molecule has 28 heavy (non-hydrogen) atoms. The van der Waals surface area contributed by atoms with E-state index in [1.807, 2.05) is 13.0 Å². The molecule has 0 unspecified atom stereocenters. The van der Waals surface area contributed by atoms with Gasteiger partial charge in [0, 0.05) is 25.8 Å². The first-order valence-electron chi connectivity index (χ1n) is 9.75. The molecule has 6 nitrogen and oxygen atoms in total. The maximum Gasteiger partial charge on any atom is 0.253 e. The molecule has 0 aliphatic rings. The van der Waals surface area contributed by atoms with Crippen LogP contribution < -0.4 is 15.8 Å². The highest BCUT2D eigenvalue weighted by atomic mass is 32.1. The molecule has 0 spiro atoms. The summed E-state index contributed by atoms with van der Waals surface area (Å²) in [5.74, 6) is 0. The highest BCUT2D eigenvalue weighted by Gasteiger charge is 2.15. The average Bonchev–Trinajstić information content (AvgIpc) is 2.63. The third-order valence-electron chi connectivity index (χ3n) is 4.70. The van der Waals surface area contributed by atoms with Gasteiger partial charge in [-0.05, 0) is 55.6 Å². The minimum Gasteiger partial charge on any atom is -0.385 e. The van der Waals surface area contributed by atoms with Gasteiger partial charge in [0.2, 0.25) is 0 Å². The zero-order valence-electron chi connectivity index (χ0n) is 17.6. The van der Waals surface area contributed by atoms with Crippen LogP contribution in [0.4, 0.5) is 0 Å². The molecule has 0 amide bonds. The van der Waals surface area contributed by atoms with Crippen molar-refractivity contribution < 1.29 is 9.64 Å². The van der Waals surface area contributed by atoms with E-state index in [2.05, 4.69) is 48.4 Å². The molecule has 0 radical (unpaired) electrons. The van der Waals surface area contributed by atoms with Crippen molar-refractivity contribution in [2.24, 2.45) is 0 Å². The van der Waals surface area contributed by atoms with Crippen LogP contribution >= 0.6 is 12.2 Å². The van der Waals surface area contributed by atoms with Gasteiger partial charge in [-0.1, -0.05) is 11.6 Å². The minimum absolute atomic E-state index is 0.0520. The summed E-state index contributed by atoms with van der Waals surface area (Å²) in [6.45, 7) is 7.75. The van der Waals surface area contributed by atoms with Crippen LogP contribution in [0, 0.1) is 13.8 Å². The van der Waals surface area contributed by atoms with E-state index >= 15 is 0 Å². The Bertz CT molecular complexity index is 863. The first-order valence-corrected chi connectivity index (χ1v) is 10.2. The second-order valence-corrected chi connectivity index (χ2v) is 8.01. The molecule has 7 heteroatoms. The number of aryl methyl sites for hydroxylation is 2. The molecule has 0 saturated carbocycles. The summed E-state index contributed by atoms with van der Waals surface area (Å²) in [6.07, 6.45) is 0.887. The highest BCUT2D eigenvalue weighted by Crippen LogP contribution is 2.18. The van der Waals surface area contributed by atoms with Crippen molar-refractivity contribution in [2.75, 3.05) is 47.4 Å². The highest BCUT2D eigenvalue weighted by molar-refractivity contribution is 7.80. The standard InChI is InChI=1S/C21H32N4O2S/c1-15-11-16(2)19-17(12-15)13-18(20(26)23-19)14-25(9-8-24(3)4)21(28)22-7-6-10-27-5/h11-13H,6-10,14H2,1-5H3,(H,22,28)(H,23,26)/p+1. The van der Waals surface area contributed by atoms with Crippen molar-refractivity contribution in [3.8, 4) is 0 Å². The van der Waals surface area contributed by atoms with E-state index in [9.17, 15) is 4.79 Å². The fraction of sp³-hybridized carbons (Fsp3) is 0.524. The maximum absolute atomic E-state index is 12.7. The molecule has 0 aliphatic heterocycles. The lowest BCUT2D eigenvalue weighted by molar-refractivity contribution is -0.857. The van der Waals surface area contributed by atoms with Gasteiger partial charge >= 0.3 is 0 Å². The van der Waals surface area contributed by atoms with Crippen LogP contribution in [0.3, 0.4) is 0 Å². The molecule has 0 atom stereocenters. The van der Waals surface area contributed by atoms with E-state index in [-0.39, 0.29) is 5.56 Å². The molecule has 1 heterocycles. The summed E-state index contributed by atoms with van der Waals surface area (Å²) in [5, 5.41) is 5.03. The fourth-order valence-electron chi connectivity index (χ4n) is 3.19. The molecule has 2 aromatic rings. The van der Waals surface area contributed by atoms with Gasteiger partial charge in [-0.2, -0.15) is 0 Å². The molecule has 1 aromatic carbocycles. The lowest BCUT2D eigenvalue weighted by atomic mass is 10.1. The number of H-pyrrole nitrogens is 1. The van der Waals surface area contributed by atoms with Crippen LogP contribution in [0.5, 0.6) is 0 Å². The van der Waals surface area contributed by atoms with Crippen LogP contribution in [0.15, 0.2) is 23.0 Å². The number of hydrogen-bond acceptors (Lipinski definition) is 3. The van der Waals surface area contributed by atoms with Crippen molar-refractivity contribution in [3.63, 3.8) is 0 Å². The number of fused-ring (bicyclic) bond motifs is 1. The second kappa shape index (κ2) is 10.5. The van der Waals surface area contributed by atoms with Gasteiger partial charge in [0.15, 0.2) is 5.11 Å². The Balaban J connectivity index is 2.23. The summed E-state index contributed by atoms with van der Waals surface area (Å²) < 4.78 is 5.09. The molecule has 3 N–H and O–H groups in total. The number of nitrogens with one attached hydrogen (secondary N) is 3. The fourth-order valence-corrected chi connectivity index (χ4v) is 3.45. The van der Waals surface area contributed by atoms with Crippen LogP contribution in [0.2, 0.25) is 0 Å². The van der Waals surface area contributed by atoms with Crippen molar-refractivity contribution in [3.05, 3.63) is 45.2 Å². The number of aromatic amines is 1. The lowest BCUT2D eigenvalue weighted by Crippen LogP contribution is -3.06. The summed E-state index contributed by atoms with van der Waals surface area (Å²) in [6, 6.07) is 6.19. The zero-order valence-corrected chi connectivity index (χ0v) is 18.5. The number of thiocarbonyl (C=S) groups is 1. The van der Waals surface area contributed by atoms with Gasteiger partial charge in [-0.3, -0.25) is 4.79 Å². The molecular weight excluding hydrogens is 372 g/mol.